The number of thiazole rings is 1. The largest absolute Gasteiger partial charge is 0.354 e. The van der Waals surface area contributed by atoms with Crippen LogP contribution in [-0.4, -0.2) is 23.5 Å². The van der Waals surface area contributed by atoms with Crippen molar-refractivity contribution in [3.8, 4) is 0 Å². The molecule has 0 aliphatic rings. The molecule has 0 aromatic carbocycles. The molecule has 0 spiro atoms. The van der Waals surface area contributed by atoms with Gasteiger partial charge in [-0.1, -0.05) is 13.8 Å². The average Bonchev–Trinajstić information content (AvgIpc) is 2.69. The van der Waals surface area contributed by atoms with Crippen LogP contribution in [0.15, 0.2) is 10.9 Å². The fraction of sp³-hybridized carbons (Fsp3) is 0.600. The topological polar surface area (TPSA) is 68.0 Å². The van der Waals surface area contributed by atoms with Gasteiger partial charge in [-0.3, -0.25) is 4.79 Å². The van der Waals surface area contributed by atoms with Gasteiger partial charge in [-0.2, -0.15) is 0 Å². The first-order valence-electron chi connectivity index (χ1n) is 5.01. The van der Waals surface area contributed by atoms with Crippen molar-refractivity contribution in [3.63, 3.8) is 0 Å². The van der Waals surface area contributed by atoms with Gasteiger partial charge >= 0.3 is 0 Å². The number of nitrogens with two attached hydrogens (primary N) is 1. The summed E-state index contributed by atoms with van der Waals surface area (Å²) in [6.45, 7) is 4.47. The van der Waals surface area contributed by atoms with Crippen LogP contribution in [0.4, 0.5) is 0 Å². The Morgan fingerprint density at radius 3 is 2.93 bits per heavy atom. The van der Waals surface area contributed by atoms with Gasteiger partial charge in [0.05, 0.1) is 17.2 Å². The van der Waals surface area contributed by atoms with E-state index in [-0.39, 0.29) is 11.8 Å². The summed E-state index contributed by atoms with van der Waals surface area (Å²) in [5.74, 6) is 0.0875. The summed E-state index contributed by atoms with van der Waals surface area (Å²) in [5.41, 5.74) is 8.49. The Morgan fingerprint density at radius 2 is 2.40 bits per heavy atom. The number of rotatable bonds is 5. The Bertz CT molecular complexity index is 298. The summed E-state index contributed by atoms with van der Waals surface area (Å²) in [4.78, 5) is 15.6. The van der Waals surface area contributed by atoms with E-state index in [4.69, 9.17) is 5.73 Å². The number of amides is 1. The second-order valence-corrected chi connectivity index (χ2v) is 4.51. The van der Waals surface area contributed by atoms with E-state index in [0.29, 0.717) is 6.54 Å². The second-order valence-electron chi connectivity index (χ2n) is 3.79. The van der Waals surface area contributed by atoms with Crippen molar-refractivity contribution < 1.29 is 4.79 Å². The summed E-state index contributed by atoms with van der Waals surface area (Å²) in [7, 11) is 0. The van der Waals surface area contributed by atoms with E-state index >= 15 is 0 Å². The number of nitrogens with one attached hydrogen (secondary N) is 1. The first kappa shape index (κ1) is 12.1. The molecule has 1 amide bonds. The number of hydrogen-bond acceptors (Lipinski definition) is 4. The molecule has 1 atom stereocenters. The molecule has 0 saturated carbocycles. The van der Waals surface area contributed by atoms with Crippen LogP contribution in [0.5, 0.6) is 0 Å². The number of aromatic nitrogens is 1. The van der Waals surface area contributed by atoms with Gasteiger partial charge in [0, 0.05) is 18.3 Å². The fourth-order valence-electron chi connectivity index (χ4n) is 1.10. The third-order valence-electron chi connectivity index (χ3n) is 2.18. The predicted octanol–water partition coefficient (Wildman–Crippen LogP) is 0.785. The Morgan fingerprint density at radius 1 is 1.67 bits per heavy atom. The minimum absolute atomic E-state index is 0.0831. The summed E-state index contributed by atoms with van der Waals surface area (Å²) in [6.07, 6.45) is 0.764. The lowest BCUT2D eigenvalue weighted by Crippen LogP contribution is -2.44. The van der Waals surface area contributed by atoms with Crippen molar-refractivity contribution in [2.45, 2.75) is 26.3 Å². The van der Waals surface area contributed by atoms with Gasteiger partial charge < -0.3 is 11.1 Å². The first-order chi connectivity index (χ1) is 7.11. The van der Waals surface area contributed by atoms with Crippen molar-refractivity contribution in [1.82, 2.24) is 10.3 Å². The van der Waals surface area contributed by atoms with Crippen LogP contribution in [0.2, 0.25) is 0 Å². The molecule has 0 aliphatic carbocycles. The van der Waals surface area contributed by atoms with Gasteiger partial charge in [-0.05, 0) is 5.92 Å². The average molecular weight is 227 g/mol. The van der Waals surface area contributed by atoms with E-state index in [9.17, 15) is 4.79 Å². The Labute approximate surface area is 93.9 Å². The quantitative estimate of drug-likeness (QED) is 0.781. The molecule has 1 aromatic rings. The van der Waals surface area contributed by atoms with E-state index in [2.05, 4.69) is 10.3 Å². The van der Waals surface area contributed by atoms with E-state index in [1.165, 1.54) is 0 Å². The minimum Gasteiger partial charge on any atom is -0.354 e. The number of carbonyl (C=O) groups is 1. The summed E-state index contributed by atoms with van der Waals surface area (Å²) in [6, 6.07) is -0.416. The highest BCUT2D eigenvalue weighted by Crippen LogP contribution is 2.01. The molecule has 0 saturated heterocycles. The smallest absolute Gasteiger partial charge is 0.237 e. The molecule has 0 fully saturated rings. The maximum atomic E-state index is 11.5. The van der Waals surface area contributed by atoms with Crippen molar-refractivity contribution in [2.75, 3.05) is 6.54 Å². The molecule has 5 heteroatoms. The number of carbonyl (C=O) groups excluding carboxylic acids is 1. The van der Waals surface area contributed by atoms with Crippen LogP contribution in [0, 0.1) is 5.92 Å². The molecule has 0 bridgehead atoms. The van der Waals surface area contributed by atoms with Crippen LogP contribution < -0.4 is 11.1 Å². The summed E-state index contributed by atoms with van der Waals surface area (Å²) in [5, 5.41) is 4.78. The second kappa shape index (κ2) is 5.82. The van der Waals surface area contributed by atoms with Crippen molar-refractivity contribution in [2.24, 2.45) is 11.7 Å². The third kappa shape index (κ3) is 3.97. The minimum atomic E-state index is -0.416. The van der Waals surface area contributed by atoms with Crippen LogP contribution in [-0.2, 0) is 11.2 Å². The first-order valence-corrected chi connectivity index (χ1v) is 5.96. The summed E-state index contributed by atoms with van der Waals surface area (Å²) >= 11 is 1.56. The zero-order valence-corrected chi connectivity index (χ0v) is 9.88. The van der Waals surface area contributed by atoms with Crippen molar-refractivity contribution >= 4 is 17.2 Å². The van der Waals surface area contributed by atoms with Gasteiger partial charge in [0.15, 0.2) is 0 Å². The molecule has 1 aromatic heterocycles. The van der Waals surface area contributed by atoms with Gasteiger partial charge in [-0.25, -0.2) is 4.98 Å². The zero-order chi connectivity index (χ0) is 11.3. The molecule has 0 aliphatic heterocycles. The number of nitrogens with zero attached hydrogens (tertiary/aromatic N) is 1. The zero-order valence-electron chi connectivity index (χ0n) is 9.06. The highest BCUT2D eigenvalue weighted by Gasteiger charge is 2.16. The molecule has 3 N–H and O–H groups in total. The Hall–Kier alpha value is -0.940. The maximum absolute atomic E-state index is 11.5. The van der Waals surface area contributed by atoms with Gasteiger partial charge in [0.1, 0.15) is 0 Å². The van der Waals surface area contributed by atoms with E-state index < -0.39 is 6.04 Å². The predicted molar refractivity (Wildman–Crippen MR) is 61.6 cm³/mol. The molecular weight excluding hydrogens is 210 g/mol. The monoisotopic (exact) mass is 227 g/mol. The Balaban J connectivity index is 2.23. The summed E-state index contributed by atoms with van der Waals surface area (Å²) < 4.78 is 0. The highest BCUT2D eigenvalue weighted by molar-refractivity contribution is 7.07. The van der Waals surface area contributed by atoms with E-state index in [1.807, 2.05) is 19.2 Å². The van der Waals surface area contributed by atoms with Gasteiger partial charge in [-0.15, -0.1) is 11.3 Å². The lowest BCUT2D eigenvalue weighted by molar-refractivity contribution is -0.123. The highest BCUT2D eigenvalue weighted by atomic mass is 32.1. The van der Waals surface area contributed by atoms with E-state index in [1.54, 1.807) is 16.8 Å². The molecule has 1 heterocycles. The lowest BCUT2D eigenvalue weighted by atomic mass is 10.1. The number of hydrogen-bond donors (Lipinski definition) is 2. The molecule has 0 radical (unpaired) electrons. The fourth-order valence-corrected chi connectivity index (χ4v) is 1.69. The van der Waals surface area contributed by atoms with Crippen LogP contribution in [0.3, 0.4) is 0 Å². The SMILES string of the molecule is CC(C)[C@@H](N)C(=O)NCCc1cscn1. The molecule has 15 heavy (non-hydrogen) atoms. The third-order valence-corrected chi connectivity index (χ3v) is 2.82. The van der Waals surface area contributed by atoms with Crippen LogP contribution in [0.25, 0.3) is 0 Å². The normalized spacial score (nSPS) is 12.8. The molecule has 84 valence electrons. The maximum Gasteiger partial charge on any atom is 0.237 e. The van der Waals surface area contributed by atoms with Crippen LogP contribution >= 0.6 is 11.3 Å². The molecule has 1 rings (SSSR count). The van der Waals surface area contributed by atoms with Crippen molar-refractivity contribution in [3.05, 3.63) is 16.6 Å². The van der Waals surface area contributed by atoms with Crippen LogP contribution in [0.1, 0.15) is 19.5 Å². The lowest BCUT2D eigenvalue weighted by Gasteiger charge is -2.14. The van der Waals surface area contributed by atoms with Gasteiger partial charge in [0.25, 0.3) is 0 Å². The molecule has 4 nitrogen and oxygen atoms in total. The Kier molecular flexibility index (Phi) is 4.71. The van der Waals surface area contributed by atoms with E-state index in [0.717, 1.165) is 12.1 Å². The molecular formula is C10H17N3OS. The van der Waals surface area contributed by atoms with Crippen molar-refractivity contribution in [1.29, 1.82) is 0 Å². The van der Waals surface area contributed by atoms with Gasteiger partial charge in [0.2, 0.25) is 5.91 Å². The molecule has 0 unspecified atom stereocenters. The standard InChI is InChI=1S/C10H17N3OS/c1-7(2)9(11)10(14)12-4-3-8-5-15-6-13-8/h5-7,9H,3-4,11H2,1-2H3,(H,12,14)/t9-/m1/s1.